The maximum atomic E-state index is 11.8. The van der Waals surface area contributed by atoms with E-state index < -0.39 is 9.84 Å². The predicted molar refractivity (Wildman–Crippen MR) is 78.0 cm³/mol. The zero-order chi connectivity index (χ0) is 13.0. The van der Waals surface area contributed by atoms with Crippen molar-refractivity contribution in [3.05, 3.63) is 0 Å². The van der Waals surface area contributed by atoms with Gasteiger partial charge in [0.1, 0.15) is 0 Å². The van der Waals surface area contributed by atoms with Crippen LogP contribution in [0.15, 0.2) is 0 Å². The Kier molecular flexibility index (Phi) is 5.35. The molecule has 2 heterocycles. The van der Waals surface area contributed by atoms with Crippen LogP contribution in [0.5, 0.6) is 0 Å². The van der Waals surface area contributed by atoms with Crippen molar-refractivity contribution in [2.24, 2.45) is 0 Å². The van der Waals surface area contributed by atoms with Gasteiger partial charge in [-0.15, -0.1) is 0 Å². The van der Waals surface area contributed by atoms with E-state index in [1.165, 1.54) is 12.8 Å². The molecule has 0 spiro atoms. The van der Waals surface area contributed by atoms with Gasteiger partial charge in [-0.1, -0.05) is 6.92 Å². The SMILES string of the molecule is CCSCCNC1CS(=O)(=O)CC1N1CCCC1. The van der Waals surface area contributed by atoms with Gasteiger partial charge in [0, 0.05) is 24.4 Å². The fourth-order valence-electron chi connectivity index (χ4n) is 2.92. The van der Waals surface area contributed by atoms with Crippen LogP contribution in [-0.4, -0.2) is 68.0 Å². The molecule has 2 aliphatic rings. The molecule has 0 aromatic heterocycles. The molecular weight excluding hydrogens is 268 g/mol. The molecular formula is C12H24N2O2S2. The molecule has 2 saturated heterocycles. The molecule has 0 bridgehead atoms. The van der Waals surface area contributed by atoms with Crippen LogP contribution in [0.1, 0.15) is 19.8 Å². The summed E-state index contributed by atoms with van der Waals surface area (Å²) in [6, 6.07) is 0.356. The van der Waals surface area contributed by atoms with Crippen LogP contribution >= 0.6 is 11.8 Å². The third-order valence-electron chi connectivity index (χ3n) is 3.79. The number of thioether (sulfide) groups is 1. The van der Waals surface area contributed by atoms with Crippen molar-refractivity contribution in [3.8, 4) is 0 Å². The molecule has 106 valence electrons. The van der Waals surface area contributed by atoms with E-state index in [9.17, 15) is 8.42 Å². The van der Waals surface area contributed by atoms with Crippen molar-refractivity contribution in [1.29, 1.82) is 0 Å². The zero-order valence-corrected chi connectivity index (χ0v) is 12.7. The van der Waals surface area contributed by atoms with Crippen LogP contribution in [0.2, 0.25) is 0 Å². The van der Waals surface area contributed by atoms with Crippen molar-refractivity contribution < 1.29 is 8.42 Å². The molecule has 0 aromatic rings. The van der Waals surface area contributed by atoms with Gasteiger partial charge < -0.3 is 5.32 Å². The highest BCUT2D eigenvalue weighted by Crippen LogP contribution is 2.22. The van der Waals surface area contributed by atoms with Gasteiger partial charge in [-0.25, -0.2) is 8.42 Å². The fraction of sp³-hybridized carbons (Fsp3) is 1.00. The molecule has 0 radical (unpaired) electrons. The third kappa shape index (κ3) is 3.85. The maximum Gasteiger partial charge on any atom is 0.153 e. The average molecular weight is 292 g/mol. The largest absolute Gasteiger partial charge is 0.311 e. The highest BCUT2D eigenvalue weighted by Gasteiger charge is 2.41. The highest BCUT2D eigenvalue weighted by molar-refractivity contribution is 7.99. The summed E-state index contributed by atoms with van der Waals surface area (Å²) >= 11 is 1.90. The van der Waals surface area contributed by atoms with E-state index in [0.717, 1.165) is 31.1 Å². The quantitative estimate of drug-likeness (QED) is 0.726. The number of sulfone groups is 1. The van der Waals surface area contributed by atoms with Gasteiger partial charge in [-0.3, -0.25) is 4.90 Å². The molecule has 0 saturated carbocycles. The van der Waals surface area contributed by atoms with Gasteiger partial charge in [0.15, 0.2) is 9.84 Å². The van der Waals surface area contributed by atoms with Crippen LogP contribution in [0, 0.1) is 0 Å². The summed E-state index contributed by atoms with van der Waals surface area (Å²) in [6.07, 6.45) is 2.43. The first kappa shape index (κ1) is 14.6. The van der Waals surface area contributed by atoms with Crippen LogP contribution in [0.4, 0.5) is 0 Å². The van der Waals surface area contributed by atoms with Gasteiger partial charge in [0.05, 0.1) is 11.5 Å². The van der Waals surface area contributed by atoms with Crippen LogP contribution < -0.4 is 5.32 Å². The molecule has 2 fully saturated rings. The minimum absolute atomic E-state index is 0.144. The first-order valence-electron chi connectivity index (χ1n) is 6.88. The zero-order valence-electron chi connectivity index (χ0n) is 11.1. The molecule has 4 nitrogen and oxygen atoms in total. The lowest BCUT2D eigenvalue weighted by Crippen LogP contribution is -2.48. The van der Waals surface area contributed by atoms with Crippen LogP contribution in [0.3, 0.4) is 0 Å². The topological polar surface area (TPSA) is 49.4 Å². The molecule has 0 aliphatic carbocycles. The second-order valence-corrected chi connectivity index (χ2v) is 8.69. The van der Waals surface area contributed by atoms with E-state index in [0.29, 0.717) is 11.5 Å². The predicted octanol–water partition coefficient (Wildman–Crippen LogP) is 0.591. The average Bonchev–Trinajstić information content (AvgIpc) is 2.91. The first-order valence-corrected chi connectivity index (χ1v) is 9.85. The summed E-state index contributed by atoms with van der Waals surface area (Å²) in [4.78, 5) is 2.37. The monoisotopic (exact) mass is 292 g/mol. The Morgan fingerprint density at radius 1 is 1.28 bits per heavy atom. The highest BCUT2D eigenvalue weighted by atomic mass is 32.2. The lowest BCUT2D eigenvalue weighted by Gasteiger charge is -2.28. The summed E-state index contributed by atoms with van der Waals surface area (Å²) in [5.41, 5.74) is 0. The summed E-state index contributed by atoms with van der Waals surface area (Å²) in [6.45, 7) is 5.21. The summed E-state index contributed by atoms with van der Waals surface area (Å²) in [7, 11) is -2.84. The molecule has 18 heavy (non-hydrogen) atoms. The van der Waals surface area contributed by atoms with E-state index in [1.807, 2.05) is 11.8 Å². The van der Waals surface area contributed by atoms with Gasteiger partial charge in [0.25, 0.3) is 0 Å². The molecule has 6 heteroatoms. The van der Waals surface area contributed by atoms with Gasteiger partial charge >= 0.3 is 0 Å². The minimum Gasteiger partial charge on any atom is -0.311 e. The van der Waals surface area contributed by atoms with E-state index in [4.69, 9.17) is 0 Å². The van der Waals surface area contributed by atoms with Gasteiger partial charge in [-0.05, 0) is 31.7 Å². The third-order valence-corrected chi connectivity index (χ3v) is 6.41. The van der Waals surface area contributed by atoms with Crippen molar-refractivity contribution in [2.45, 2.75) is 31.8 Å². The Morgan fingerprint density at radius 3 is 2.67 bits per heavy atom. The Balaban J connectivity index is 1.88. The Morgan fingerprint density at radius 2 is 2.00 bits per heavy atom. The number of hydrogen-bond acceptors (Lipinski definition) is 5. The van der Waals surface area contributed by atoms with E-state index in [2.05, 4.69) is 17.1 Å². The lowest BCUT2D eigenvalue weighted by molar-refractivity contribution is 0.228. The van der Waals surface area contributed by atoms with Crippen molar-refractivity contribution >= 4 is 21.6 Å². The summed E-state index contributed by atoms with van der Waals surface area (Å²) < 4.78 is 23.7. The lowest BCUT2D eigenvalue weighted by atomic mass is 10.1. The van der Waals surface area contributed by atoms with Crippen molar-refractivity contribution in [1.82, 2.24) is 10.2 Å². The standard InChI is InChI=1S/C12H24N2O2S2/c1-2-17-8-5-13-11-9-18(15,16)10-12(11)14-6-3-4-7-14/h11-13H,2-10H2,1H3. The summed E-state index contributed by atoms with van der Waals surface area (Å²) in [5, 5.41) is 3.46. The molecule has 2 atom stereocenters. The van der Waals surface area contributed by atoms with Crippen LogP contribution in [0.25, 0.3) is 0 Å². The second kappa shape index (κ2) is 6.59. The van der Waals surface area contributed by atoms with Crippen molar-refractivity contribution in [2.75, 3.05) is 42.6 Å². The molecule has 0 aromatic carbocycles. The first-order chi connectivity index (χ1) is 8.62. The normalized spacial score (nSPS) is 32.1. The number of hydrogen-bond donors (Lipinski definition) is 1. The molecule has 2 aliphatic heterocycles. The molecule has 2 unspecified atom stereocenters. The smallest absolute Gasteiger partial charge is 0.153 e. The Bertz CT molecular complexity index is 353. The molecule has 0 amide bonds. The Labute approximate surface area is 115 Å². The van der Waals surface area contributed by atoms with E-state index in [-0.39, 0.29) is 12.1 Å². The fourth-order valence-corrected chi connectivity index (χ4v) is 5.46. The van der Waals surface area contributed by atoms with E-state index in [1.54, 1.807) is 0 Å². The van der Waals surface area contributed by atoms with Gasteiger partial charge in [0.2, 0.25) is 0 Å². The van der Waals surface area contributed by atoms with Crippen molar-refractivity contribution in [3.63, 3.8) is 0 Å². The molecule has 1 N–H and O–H groups in total. The van der Waals surface area contributed by atoms with Gasteiger partial charge in [-0.2, -0.15) is 11.8 Å². The maximum absolute atomic E-state index is 11.8. The second-order valence-electron chi connectivity index (χ2n) is 5.14. The Hall–Kier alpha value is 0.220. The number of rotatable bonds is 6. The minimum atomic E-state index is -2.84. The van der Waals surface area contributed by atoms with Crippen LogP contribution in [-0.2, 0) is 9.84 Å². The molecule has 2 rings (SSSR count). The number of nitrogens with one attached hydrogen (secondary N) is 1. The number of nitrogens with zero attached hydrogens (tertiary/aromatic N) is 1. The number of likely N-dealkylation sites (tertiary alicyclic amines) is 1. The van der Waals surface area contributed by atoms with E-state index >= 15 is 0 Å². The summed E-state index contributed by atoms with van der Waals surface area (Å²) in [5.74, 6) is 2.87.